The predicted molar refractivity (Wildman–Crippen MR) is 144 cm³/mol. The van der Waals surface area contributed by atoms with Crippen LogP contribution in [-0.4, -0.2) is 48.9 Å². The molecule has 0 unspecified atom stereocenters. The molecule has 0 radical (unpaired) electrons. The maximum atomic E-state index is 14.0. The molecule has 8 heteroatoms. The quantitative estimate of drug-likeness (QED) is 0.275. The van der Waals surface area contributed by atoms with Gasteiger partial charge in [0.15, 0.2) is 0 Å². The predicted octanol–water partition coefficient (Wildman–Crippen LogP) is 7.04. The molecule has 3 fully saturated rings. The van der Waals surface area contributed by atoms with Gasteiger partial charge >= 0.3 is 6.18 Å². The lowest BCUT2D eigenvalue weighted by atomic mass is 9.89. The molecule has 0 amide bonds. The molecule has 1 N–H and O–H groups in total. The summed E-state index contributed by atoms with van der Waals surface area (Å²) in [4.78, 5) is 3.50. The van der Waals surface area contributed by atoms with E-state index in [2.05, 4.69) is 34.1 Å². The van der Waals surface area contributed by atoms with Crippen molar-refractivity contribution in [2.45, 2.75) is 81.8 Å². The van der Waals surface area contributed by atoms with Gasteiger partial charge < -0.3 is 9.30 Å². The van der Waals surface area contributed by atoms with Crippen LogP contribution in [0.5, 0.6) is 0 Å². The van der Waals surface area contributed by atoms with E-state index in [1.54, 1.807) is 11.9 Å². The summed E-state index contributed by atoms with van der Waals surface area (Å²) in [6, 6.07) is 6.87. The molecule has 5 rings (SSSR count). The highest BCUT2D eigenvalue weighted by Crippen LogP contribution is 2.50. The maximum absolute atomic E-state index is 14.0. The SMILES string of the molecule is Cc1c(SNCCN2CCOCC2)cc(-c2cc(C(F)(F)F)cc(C3(C)CC3)c2)n1CC1CCCCC1. The fraction of sp³-hybridized carbons (Fsp3) is 0.655. The number of halogens is 3. The second-order valence-corrected chi connectivity index (χ2v) is 12.3. The number of aromatic nitrogens is 1. The Labute approximate surface area is 223 Å². The number of rotatable bonds is 9. The Balaban J connectivity index is 1.42. The van der Waals surface area contributed by atoms with Crippen LogP contribution in [0.15, 0.2) is 29.2 Å². The summed E-state index contributed by atoms with van der Waals surface area (Å²) >= 11 is 1.61. The molecule has 1 aromatic carbocycles. The molecule has 4 nitrogen and oxygen atoms in total. The zero-order valence-corrected chi connectivity index (χ0v) is 22.9. The van der Waals surface area contributed by atoms with Crippen molar-refractivity contribution in [3.63, 3.8) is 0 Å². The molecule has 204 valence electrons. The van der Waals surface area contributed by atoms with Crippen molar-refractivity contribution in [1.29, 1.82) is 0 Å². The zero-order valence-electron chi connectivity index (χ0n) is 22.1. The number of benzene rings is 1. The largest absolute Gasteiger partial charge is 0.416 e. The molecule has 3 aliphatic rings. The first-order valence-corrected chi connectivity index (χ1v) is 14.7. The molecule has 1 saturated heterocycles. The minimum atomic E-state index is -4.36. The van der Waals surface area contributed by atoms with E-state index in [0.29, 0.717) is 11.5 Å². The Morgan fingerprint density at radius 1 is 1.05 bits per heavy atom. The highest BCUT2D eigenvalue weighted by atomic mass is 32.2. The Kier molecular flexibility index (Phi) is 8.30. The van der Waals surface area contributed by atoms with E-state index in [9.17, 15) is 13.2 Å². The number of ether oxygens (including phenoxy) is 1. The molecule has 0 atom stereocenters. The third-order valence-corrected chi connectivity index (χ3v) is 9.54. The van der Waals surface area contributed by atoms with Crippen molar-refractivity contribution in [2.75, 3.05) is 39.4 Å². The smallest absolute Gasteiger partial charge is 0.379 e. The molecule has 2 saturated carbocycles. The lowest BCUT2D eigenvalue weighted by molar-refractivity contribution is -0.137. The number of alkyl halides is 3. The molecular formula is C29H40F3N3OS. The Bertz CT molecular complexity index is 1040. The third kappa shape index (κ3) is 6.57. The van der Waals surface area contributed by atoms with Crippen LogP contribution in [0.25, 0.3) is 11.3 Å². The molecule has 0 spiro atoms. The average molecular weight is 536 g/mol. The van der Waals surface area contributed by atoms with E-state index >= 15 is 0 Å². The lowest BCUT2D eigenvalue weighted by Crippen LogP contribution is -2.39. The molecular weight excluding hydrogens is 495 g/mol. The van der Waals surface area contributed by atoms with Gasteiger partial charge in [0.25, 0.3) is 0 Å². The average Bonchev–Trinajstić information content (AvgIpc) is 3.58. The van der Waals surface area contributed by atoms with Gasteiger partial charge in [0.05, 0.1) is 18.8 Å². The monoisotopic (exact) mass is 535 g/mol. The second-order valence-electron chi connectivity index (χ2n) is 11.4. The first-order valence-electron chi connectivity index (χ1n) is 13.9. The molecule has 2 heterocycles. The lowest BCUT2D eigenvalue weighted by Gasteiger charge is -2.26. The molecule has 1 aromatic heterocycles. The summed E-state index contributed by atoms with van der Waals surface area (Å²) in [6.45, 7) is 10.4. The fourth-order valence-corrected chi connectivity index (χ4v) is 6.52. The summed E-state index contributed by atoms with van der Waals surface area (Å²) in [5.74, 6) is 0.581. The molecule has 2 aliphatic carbocycles. The van der Waals surface area contributed by atoms with Crippen LogP contribution >= 0.6 is 11.9 Å². The van der Waals surface area contributed by atoms with Gasteiger partial charge in [-0.15, -0.1) is 0 Å². The molecule has 37 heavy (non-hydrogen) atoms. The van der Waals surface area contributed by atoms with Crippen LogP contribution in [0.2, 0.25) is 0 Å². The van der Waals surface area contributed by atoms with Crippen molar-refractivity contribution in [2.24, 2.45) is 5.92 Å². The summed E-state index contributed by atoms with van der Waals surface area (Å²) in [7, 11) is 0. The van der Waals surface area contributed by atoms with Crippen molar-refractivity contribution < 1.29 is 17.9 Å². The Hall–Kier alpha value is -1.48. The maximum Gasteiger partial charge on any atom is 0.416 e. The molecule has 1 aliphatic heterocycles. The summed E-state index contributed by atoms with van der Waals surface area (Å²) < 4.78 is 53.1. The number of hydrogen-bond acceptors (Lipinski definition) is 4. The van der Waals surface area contributed by atoms with Gasteiger partial charge in [-0.25, -0.2) is 0 Å². The number of nitrogens with zero attached hydrogens (tertiary/aromatic N) is 2. The standard InChI is InChI=1S/C29H40F3N3OS/c1-21-27(37-33-10-11-34-12-14-36-15-13-34)19-26(35(21)20-22-6-4-3-5-7-22)23-16-24(28(2)8-9-28)18-25(17-23)29(30,31)32/h16-19,22,33H,3-15,20H2,1-2H3. The van der Waals surface area contributed by atoms with Gasteiger partial charge in [0, 0.05) is 49.0 Å². The van der Waals surface area contributed by atoms with Crippen LogP contribution < -0.4 is 4.72 Å². The van der Waals surface area contributed by atoms with E-state index in [4.69, 9.17) is 4.74 Å². The van der Waals surface area contributed by atoms with Crippen LogP contribution in [0, 0.1) is 12.8 Å². The second kappa shape index (κ2) is 11.3. The van der Waals surface area contributed by atoms with Gasteiger partial charge in [-0.2, -0.15) is 13.2 Å². The molecule has 0 bridgehead atoms. The van der Waals surface area contributed by atoms with Gasteiger partial charge in [-0.05, 0) is 91.3 Å². The number of hydrogen-bond donors (Lipinski definition) is 1. The Morgan fingerprint density at radius 3 is 2.46 bits per heavy atom. The van der Waals surface area contributed by atoms with Crippen molar-refractivity contribution in [3.05, 3.63) is 41.1 Å². The van der Waals surface area contributed by atoms with Crippen LogP contribution in [0.1, 0.15) is 68.7 Å². The summed E-state index contributed by atoms with van der Waals surface area (Å²) in [5.41, 5.74) is 2.90. The number of morpholine rings is 1. The number of nitrogens with one attached hydrogen (secondary N) is 1. The van der Waals surface area contributed by atoms with E-state index in [1.807, 2.05) is 6.07 Å². The first-order chi connectivity index (χ1) is 17.7. The summed E-state index contributed by atoms with van der Waals surface area (Å²) in [6.07, 6.45) is 3.72. The van der Waals surface area contributed by atoms with Crippen LogP contribution in [0.4, 0.5) is 13.2 Å². The van der Waals surface area contributed by atoms with Gasteiger partial charge in [0.2, 0.25) is 0 Å². The van der Waals surface area contributed by atoms with Gasteiger partial charge in [-0.3, -0.25) is 9.62 Å². The highest BCUT2D eigenvalue weighted by molar-refractivity contribution is 7.97. The minimum absolute atomic E-state index is 0.134. The van der Waals surface area contributed by atoms with Crippen LogP contribution in [0.3, 0.4) is 0 Å². The fourth-order valence-electron chi connectivity index (χ4n) is 5.75. The highest BCUT2D eigenvalue weighted by Gasteiger charge is 2.41. The third-order valence-electron chi connectivity index (χ3n) is 8.55. The van der Waals surface area contributed by atoms with Crippen molar-refractivity contribution in [3.8, 4) is 11.3 Å². The van der Waals surface area contributed by atoms with Gasteiger partial charge in [0.1, 0.15) is 0 Å². The van der Waals surface area contributed by atoms with E-state index in [-0.39, 0.29) is 5.41 Å². The topological polar surface area (TPSA) is 29.4 Å². The van der Waals surface area contributed by atoms with E-state index < -0.39 is 11.7 Å². The van der Waals surface area contributed by atoms with E-state index in [1.165, 1.54) is 44.2 Å². The van der Waals surface area contributed by atoms with Crippen LogP contribution in [-0.2, 0) is 22.9 Å². The minimum Gasteiger partial charge on any atom is -0.379 e. The normalized spacial score (nSPS) is 20.9. The molecule has 2 aromatic rings. The van der Waals surface area contributed by atoms with E-state index in [0.717, 1.165) is 80.6 Å². The Morgan fingerprint density at radius 2 is 1.78 bits per heavy atom. The van der Waals surface area contributed by atoms with Gasteiger partial charge in [-0.1, -0.05) is 26.2 Å². The first kappa shape index (κ1) is 27.1. The zero-order chi connectivity index (χ0) is 26.0. The van der Waals surface area contributed by atoms with Crippen molar-refractivity contribution >= 4 is 11.9 Å². The summed E-state index contributed by atoms with van der Waals surface area (Å²) in [5, 5.41) is 0. The van der Waals surface area contributed by atoms with Crippen molar-refractivity contribution in [1.82, 2.24) is 14.2 Å².